The highest BCUT2D eigenvalue weighted by molar-refractivity contribution is 5.92. The van der Waals surface area contributed by atoms with E-state index in [9.17, 15) is 14.4 Å². The van der Waals surface area contributed by atoms with Gasteiger partial charge in [0.25, 0.3) is 0 Å². The molecule has 1 aromatic carbocycles. The summed E-state index contributed by atoms with van der Waals surface area (Å²) in [4.78, 5) is 33.2. The van der Waals surface area contributed by atoms with Gasteiger partial charge in [0, 0.05) is 6.42 Å². The van der Waals surface area contributed by atoms with Crippen molar-refractivity contribution in [3.8, 4) is 5.75 Å². The first-order valence-electron chi connectivity index (χ1n) is 9.49. The first-order chi connectivity index (χ1) is 13.8. The molecule has 1 rings (SSSR count). The van der Waals surface area contributed by atoms with E-state index in [1.54, 1.807) is 24.3 Å². The number of benzene rings is 1. The lowest BCUT2D eigenvalue weighted by Crippen LogP contribution is -2.23. The van der Waals surface area contributed by atoms with Gasteiger partial charge in [-0.2, -0.15) is 0 Å². The molecule has 0 aromatic heterocycles. The number of carbonyl (C=O) groups excluding carboxylic acids is 1. The Kier molecular flexibility index (Phi) is 10.8. The van der Waals surface area contributed by atoms with Crippen molar-refractivity contribution in [1.82, 2.24) is 0 Å². The summed E-state index contributed by atoms with van der Waals surface area (Å²) in [6, 6.07) is 6.32. The third-order valence-corrected chi connectivity index (χ3v) is 4.12. The topological polar surface area (TPSA) is 143 Å². The number of carbonyl (C=O) groups is 3. The van der Waals surface area contributed by atoms with Crippen LogP contribution in [0, 0.1) is 5.41 Å². The SMILES string of the molecule is CCCCCCCCOc1ccc(C(CC(=N)OC(=O)O)C(=O)OC(=O)O)cc1. The summed E-state index contributed by atoms with van der Waals surface area (Å²) >= 11 is 0. The maximum absolute atomic E-state index is 12.0. The number of unbranched alkanes of at least 4 members (excludes halogenated alkanes) is 5. The monoisotopic (exact) mass is 409 g/mol. The molecule has 1 atom stereocenters. The maximum Gasteiger partial charge on any atom is 0.513 e. The van der Waals surface area contributed by atoms with Crippen LogP contribution in [0.3, 0.4) is 0 Å². The molecule has 0 aliphatic heterocycles. The lowest BCUT2D eigenvalue weighted by Gasteiger charge is -2.15. The fraction of sp³-hybridized carbons (Fsp3) is 0.500. The summed E-state index contributed by atoms with van der Waals surface area (Å²) in [6.07, 6.45) is 2.91. The van der Waals surface area contributed by atoms with E-state index < -0.39 is 36.5 Å². The minimum Gasteiger partial charge on any atom is -0.494 e. The number of carboxylic acid groups (broad SMARTS) is 2. The van der Waals surface area contributed by atoms with E-state index in [1.165, 1.54) is 25.7 Å². The van der Waals surface area contributed by atoms with Crippen LogP contribution in [-0.4, -0.2) is 41.0 Å². The van der Waals surface area contributed by atoms with E-state index in [-0.39, 0.29) is 0 Å². The molecule has 0 spiro atoms. The molecule has 0 saturated heterocycles. The van der Waals surface area contributed by atoms with Crippen molar-refractivity contribution in [2.75, 3.05) is 6.61 Å². The van der Waals surface area contributed by atoms with Crippen molar-refractivity contribution in [3.05, 3.63) is 29.8 Å². The lowest BCUT2D eigenvalue weighted by molar-refractivity contribution is -0.140. The molecule has 0 aliphatic rings. The Labute approximate surface area is 169 Å². The van der Waals surface area contributed by atoms with Crippen molar-refractivity contribution in [3.63, 3.8) is 0 Å². The Balaban J connectivity index is 2.66. The lowest BCUT2D eigenvalue weighted by atomic mass is 9.95. The number of hydrogen-bond donors (Lipinski definition) is 3. The fourth-order valence-electron chi connectivity index (χ4n) is 2.70. The zero-order chi connectivity index (χ0) is 21.6. The van der Waals surface area contributed by atoms with E-state index in [2.05, 4.69) is 16.4 Å². The molecule has 1 unspecified atom stereocenters. The van der Waals surface area contributed by atoms with Crippen molar-refractivity contribution in [2.45, 2.75) is 57.8 Å². The molecule has 1 aromatic rings. The van der Waals surface area contributed by atoms with Crippen LogP contribution in [0.4, 0.5) is 9.59 Å². The highest BCUT2D eigenvalue weighted by Gasteiger charge is 2.27. The molecule has 0 radical (unpaired) electrons. The number of rotatable bonds is 12. The quantitative estimate of drug-likeness (QED) is 0.147. The molecule has 29 heavy (non-hydrogen) atoms. The van der Waals surface area contributed by atoms with E-state index in [1.807, 2.05) is 0 Å². The first kappa shape index (κ1) is 23.9. The van der Waals surface area contributed by atoms with Crippen LogP contribution >= 0.6 is 0 Å². The summed E-state index contributed by atoms with van der Waals surface area (Å²) in [5.41, 5.74) is 0.349. The summed E-state index contributed by atoms with van der Waals surface area (Å²) < 4.78 is 14.0. The molecule has 0 saturated carbocycles. The highest BCUT2D eigenvalue weighted by atomic mass is 16.7. The van der Waals surface area contributed by atoms with E-state index in [0.29, 0.717) is 17.9 Å². The molecule has 0 bridgehead atoms. The van der Waals surface area contributed by atoms with Gasteiger partial charge < -0.3 is 24.4 Å². The predicted octanol–water partition coefficient (Wildman–Crippen LogP) is 4.79. The standard InChI is InChI=1S/C20H27NO8/c1-2-3-4-5-6-7-12-27-15-10-8-14(9-11-15)16(18(22)29-20(25)26)13-17(21)28-19(23)24/h8-11,16,21H,2-7,12-13H2,1H3,(H,23,24)(H,25,26). The van der Waals surface area contributed by atoms with Gasteiger partial charge in [-0.05, 0) is 24.1 Å². The van der Waals surface area contributed by atoms with Gasteiger partial charge in [0.05, 0.1) is 12.5 Å². The van der Waals surface area contributed by atoms with Crippen LogP contribution in [0.1, 0.15) is 63.4 Å². The minimum atomic E-state index is -1.79. The molecule has 0 heterocycles. The third kappa shape index (κ3) is 10.1. The van der Waals surface area contributed by atoms with Crippen molar-refractivity contribution >= 4 is 24.2 Å². The largest absolute Gasteiger partial charge is 0.513 e. The van der Waals surface area contributed by atoms with Crippen LogP contribution in [0.5, 0.6) is 5.75 Å². The Morgan fingerprint density at radius 3 is 2.10 bits per heavy atom. The summed E-state index contributed by atoms with van der Waals surface area (Å²) in [5, 5.41) is 24.7. The molecule has 0 fully saturated rings. The van der Waals surface area contributed by atoms with Gasteiger partial charge in [-0.1, -0.05) is 51.2 Å². The molecule has 9 nitrogen and oxygen atoms in total. The Morgan fingerprint density at radius 2 is 1.52 bits per heavy atom. The molecule has 160 valence electrons. The third-order valence-electron chi connectivity index (χ3n) is 4.12. The second-order valence-electron chi connectivity index (χ2n) is 6.42. The van der Waals surface area contributed by atoms with E-state index in [4.69, 9.17) is 20.4 Å². The van der Waals surface area contributed by atoms with Crippen LogP contribution < -0.4 is 4.74 Å². The van der Waals surface area contributed by atoms with E-state index in [0.717, 1.165) is 12.8 Å². The van der Waals surface area contributed by atoms with Gasteiger partial charge in [0.15, 0.2) is 5.90 Å². The molecule has 3 N–H and O–H groups in total. The Bertz CT molecular complexity index is 686. The molecular formula is C20H27NO8. The second-order valence-corrected chi connectivity index (χ2v) is 6.42. The zero-order valence-corrected chi connectivity index (χ0v) is 16.4. The van der Waals surface area contributed by atoms with Gasteiger partial charge in [-0.25, -0.2) is 9.59 Å². The average Bonchev–Trinajstić information content (AvgIpc) is 2.65. The number of ether oxygens (including phenoxy) is 3. The van der Waals surface area contributed by atoms with Crippen LogP contribution in [0.25, 0.3) is 0 Å². The summed E-state index contributed by atoms with van der Waals surface area (Å²) in [7, 11) is 0. The Morgan fingerprint density at radius 1 is 0.931 bits per heavy atom. The summed E-state index contributed by atoms with van der Waals surface area (Å²) in [6.45, 7) is 2.73. The van der Waals surface area contributed by atoms with Gasteiger partial charge in [0.2, 0.25) is 0 Å². The smallest absolute Gasteiger partial charge is 0.494 e. The van der Waals surface area contributed by atoms with Crippen molar-refractivity contribution in [2.24, 2.45) is 0 Å². The number of nitrogens with one attached hydrogen (secondary N) is 1. The maximum atomic E-state index is 12.0. The first-order valence-corrected chi connectivity index (χ1v) is 9.49. The zero-order valence-electron chi connectivity index (χ0n) is 16.4. The van der Waals surface area contributed by atoms with Crippen LogP contribution in [-0.2, 0) is 14.3 Å². The Hall–Kier alpha value is -3.10. The van der Waals surface area contributed by atoms with Gasteiger partial charge in [0.1, 0.15) is 5.75 Å². The summed E-state index contributed by atoms with van der Waals surface area (Å²) in [5.74, 6) is -2.44. The molecule has 0 aliphatic carbocycles. The fourth-order valence-corrected chi connectivity index (χ4v) is 2.70. The van der Waals surface area contributed by atoms with Gasteiger partial charge >= 0.3 is 18.3 Å². The minimum absolute atomic E-state index is 0.349. The van der Waals surface area contributed by atoms with Gasteiger partial charge in [-0.3, -0.25) is 10.2 Å². The molecule has 9 heteroatoms. The highest BCUT2D eigenvalue weighted by Crippen LogP contribution is 2.25. The van der Waals surface area contributed by atoms with Gasteiger partial charge in [-0.15, -0.1) is 0 Å². The van der Waals surface area contributed by atoms with E-state index >= 15 is 0 Å². The number of esters is 1. The second kappa shape index (κ2) is 13.1. The van der Waals surface area contributed by atoms with Crippen LogP contribution in [0.15, 0.2) is 24.3 Å². The van der Waals surface area contributed by atoms with Crippen molar-refractivity contribution < 1.29 is 38.8 Å². The molecular weight excluding hydrogens is 382 g/mol. The van der Waals surface area contributed by atoms with Crippen LogP contribution in [0.2, 0.25) is 0 Å². The molecule has 0 amide bonds. The average molecular weight is 409 g/mol. The number of hydrogen-bond acceptors (Lipinski definition) is 7. The normalized spacial score (nSPS) is 11.3. The predicted molar refractivity (Wildman–Crippen MR) is 104 cm³/mol. The van der Waals surface area contributed by atoms with Crippen molar-refractivity contribution in [1.29, 1.82) is 5.41 Å².